The zero-order chi connectivity index (χ0) is 14.4. The molecule has 0 unspecified atom stereocenters. The van der Waals surface area contributed by atoms with Gasteiger partial charge in [0.1, 0.15) is 5.65 Å². The molecule has 1 aliphatic rings. The van der Waals surface area contributed by atoms with E-state index in [-0.39, 0.29) is 5.56 Å². The van der Waals surface area contributed by atoms with Crippen molar-refractivity contribution in [1.29, 1.82) is 0 Å². The Morgan fingerprint density at radius 3 is 2.90 bits per heavy atom. The number of benzene rings is 1. The third-order valence-corrected chi connectivity index (χ3v) is 5.58. The summed E-state index contributed by atoms with van der Waals surface area (Å²) in [5, 5.41) is 5.43. The molecular weight excluding hydrogens is 350 g/mol. The molecule has 1 N–H and O–H groups in total. The largest absolute Gasteiger partial charge is 0.306 e. The topological polar surface area (TPSA) is 50.2 Å². The van der Waals surface area contributed by atoms with Gasteiger partial charge in [0.05, 0.1) is 16.6 Å². The molecule has 3 aromatic rings. The van der Waals surface area contributed by atoms with Crippen molar-refractivity contribution in [3.8, 4) is 0 Å². The molecule has 1 aliphatic heterocycles. The lowest BCUT2D eigenvalue weighted by Gasteiger charge is -2.18. The SMILES string of the molecule is O=c1[nH]c2cc(C3CCSCC3)nn2c2cc(Br)ccc12. The Bertz CT molecular complexity index is 880. The summed E-state index contributed by atoms with van der Waals surface area (Å²) in [6, 6.07) is 7.69. The van der Waals surface area contributed by atoms with Gasteiger partial charge in [-0.25, -0.2) is 4.52 Å². The number of nitrogens with zero attached hydrogens (tertiary/aromatic N) is 2. The molecule has 4 nitrogen and oxygen atoms in total. The Labute approximate surface area is 134 Å². The Morgan fingerprint density at radius 1 is 1.29 bits per heavy atom. The third-order valence-electron chi connectivity index (χ3n) is 4.04. The lowest BCUT2D eigenvalue weighted by atomic mass is 9.99. The van der Waals surface area contributed by atoms with Gasteiger partial charge in [-0.1, -0.05) is 15.9 Å². The van der Waals surface area contributed by atoms with Crippen LogP contribution in [0, 0.1) is 0 Å². The van der Waals surface area contributed by atoms with Gasteiger partial charge in [0.25, 0.3) is 5.56 Å². The van der Waals surface area contributed by atoms with Crippen molar-refractivity contribution in [2.75, 3.05) is 11.5 Å². The van der Waals surface area contributed by atoms with E-state index in [4.69, 9.17) is 5.10 Å². The van der Waals surface area contributed by atoms with E-state index in [1.54, 1.807) is 0 Å². The number of rotatable bonds is 1. The zero-order valence-electron chi connectivity index (χ0n) is 11.3. The number of aromatic amines is 1. The summed E-state index contributed by atoms with van der Waals surface area (Å²) in [6.45, 7) is 0. The minimum Gasteiger partial charge on any atom is -0.306 e. The molecule has 0 amide bonds. The van der Waals surface area contributed by atoms with E-state index in [2.05, 4.69) is 20.9 Å². The highest BCUT2D eigenvalue weighted by Crippen LogP contribution is 2.31. The highest BCUT2D eigenvalue weighted by atomic mass is 79.9. The van der Waals surface area contributed by atoms with Gasteiger partial charge in [-0.15, -0.1) is 0 Å². The fraction of sp³-hybridized carbons (Fsp3) is 0.333. The fourth-order valence-corrected chi connectivity index (χ4v) is 4.38. The molecule has 0 atom stereocenters. The quantitative estimate of drug-likeness (QED) is 0.719. The number of H-pyrrole nitrogens is 1. The van der Waals surface area contributed by atoms with Crippen LogP contribution in [0.4, 0.5) is 0 Å². The van der Waals surface area contributed by atoms with Gasteiger partial charge in [0.15, 0.2) is 0 Å². The van der Waals surface area contributed by atoms with Gasteiger partial charge >= 0.3 is 0 Å². The standard InChI is InChI=1S/C15H14BrN3OS/c16-10-1-2-11-13(7-10)19-14(17-15(11)20)8-12(18-19)9-3-5-21-6-4-9/h1-2,7-9H,3-6H2,(H,17,20). The third kappa shape index (κ3) is 2.30. The lowest BCUT2D eigenvalue weighted by Crippen LogP contribution is -2.10. The van der Waals surface area contributed by atoms with Crippen LogP contribution in [0.25, 0.3) is 16.6 Å². The molecule has 6 heteroatoms. The molecule has 0 bridgehead atoms. The Morgan fingerprint density at radius 2 is 2.10 bits per heavy atom. The van der Waals surface area contributed by atoms with Crippen molar-refractivity contribution in [2.24, 2.45) is 0 Å². The number of hydrogen-bond acceptors (Lipinski definition) is 3. The minimum absolute atomic E-state index is 0.0596. The first-order chi connectivity index (χ1) is 10.2. The first-order valence-corrected chi connectivity index (χ1v) is 8.96. The maximum atomic E-state index is 12.2. The molecule has 0 aliphatic carbocycles. The maximum Gasteiger partial charge on any atom is 0.259 e. The molecular formula is C15H14BrN3OS. The van der Waals surface area contributed by atoms with Gasteiger partial charge in [0.2, 0.25) is 0 Å². The summed E-state index contributed by atoms with van der Waals surface area (Å²) in [6.07, 6.45) is 2.33. The number of nitrogens with one attached hydrogen (secondary N) is 1. The van der Waals surface area contributed by atoms with Crippen molar-refractivity contribution in [2.45, 2.75) is 18.8 Å². The second kappa shape index (κ2) is 5.18. The fourth-order valence-electron chi connectivity index (χ4n) is 2.92. The van der Waals surface area contributed by atoms with E-state index in [9.17, 15) is 4.79 Å². The van der Waals surface area contributed by atoms with Gasteiger partial charge in [-0.2, -0.15) is 16.9 Å². The van der Waals surface area contributed by atoms with Gasteiger partial charge in [0, 0.05) is 16.5 Å². The molecule has 108 valence electrons. The molecule has 0 spiro atoms. The van der Waals surface area contributed by atoms with E-state index in [0.29, 0.717) is 11.3 Å². The van der Waals surface area contributed by atoms with Crippen molar-refractivity contribution >= 4 is 44.2 Å². The van der Waals surface area contributed by atoms with Crippen LogP contribution in [-0.2, 0) is 0 Å². The molecule has 21 heavy (non-hydrogen) atoms. The summed E-state index contributed by atoms with van der Waals surface area (Å²) in [4.78, 5) is 15.1. The number of thioether (sulfide) groups is 1. The van der Waals surface area contributed by atoms with Gasteiger partial charge < -0.3 is 4.98 Å². The predicted octanol–water partition coefficient (Wildman–Crippen LogP) is 3.55. The predicted molar refractivity (Wildman–Crippen MR) is 90.3 cm³/mol. The second-order valence-corrected chi connectivity index (χ2v) is 7.51. The molecule has 4 rings (SSSR count). The first kappa shape index (κ1) is 13.4. The van der Waals surface area contributed by atoms with Gasteiger partial charge in [-0.05, 0) is 42.5 Å². The van der Waals surface area contributed by atoms with Crippen LogP contribution in [0.1, 0.15) is 24.5 Å². The highest BCUT2D eigenvalue weighted by molar-refractivity contribution is 9.10. The average molecular weight is 364 g/mol. The molecule has 2 aromatic heterocycles. The Hall–Kier alpha value is -1.27. The van der Waals surface area contributed by atoms with Crippen LogP contribution >= 0.6 is 27.7 Å². The summed E-state index contributed by atoms with van der Waals surface area (Å²) in [7, 11) is 0. The first-order valence-electron chi connectivity index (χ1n) is 7.01. The number of halogens is 1. The van der Waals surface area contributed by atoms with Crippen molar-refractivity contribution in [3.05, 3.63) is 44.8 Å². The maximum absolute atomic E-state index is 12.2. The van der Waals surface area contributed by atoms with Crippen molar-refractivity contribution in [1.82, 2.24) is 14.6 Å². The summed E-state index contributed by atoms with van der Waals surface area (Å²) in [5.74, 6) is 2.90. The molecule has 1 saturated heterocycles. The van der Waals surface area contributed by atoms with Crippen LogP contribution in [0.5, 0.6) is 0 Å². The van der Waals surface area contributed by atoms with E-state index in [1.807, 2.05) is 40.5 Å². The summed E-state index contributed by atoms with van der Waals surface area (Å²) >= 11 is 5.48. The van der Waals surface area contributed by atoms with Crippen molar-refractivity contribution < 1.29 is 0 Å². The molecule has 3 heterocycles. The molecule has 1 fully saturated rings. The average Bonchev–Trinajstić information content (AvgIpc) is 2.92. The smallest absolute Gasteiger partial charge is 0.259 e. The van der Waals surface area contributed by atoms with E-state index >= 15 is 0 Å². The van der Waals surface area contributed by atoms with E-state index in [1.165, 1.54) is 24.3 Å². The monoisotopic (exact) mass is 363 g/mol. The Kier molecular flexibility index (Phi) is 3.30. The normalized spacial score (nSPS) is 16.8. The van der Waals surface area contributed by atoms with Crippen LogP contribution in [0.3, 0.4) is 0 Å². The second-order valence-electron chi connectivity index (χ2n) is 5.37. The highest BCUT2D eigenvalue weighted by Gasteiger charge is 2.19. The minimum atomic E-state index is -0.0596. The molecule has 0 saturated carbocycles. The number of aromatic nitrogens is 3. The number of hydrogen-bond donors (Lipinski definition) is 1. The lowest BCUT2D eigenvalue weighted by molar-refractivity contribution is 0.614. The van der Waals surface area contributed by atoms with Crippen LogP contribution < -0.4 is 5.56 Å². The van der Waals surface area contributed by atoms with Crippen LogP contribution in [0.15, 0.2) is 33.5 Å². The van der Waals surface area contributed by atoms with Gasteiger partial charge in [-0.3, -0.25) is 4.79 Å². The van der Waals surface area contributed by atoms with Crippen molar-refractivity contribution in [3.63, 3.8) is 0 Å². The molecule has 1 aromatic carbocycles. The molecule has 0 radical (unpaired) electrons. The van der Waals surface area contributed by atoms with Crippen LogP contribution in [0.2, 0.25) is 0 Å². The van der Waals surface area contributed by atoms with E-state index < -0.39 is 0 Å². The van der Waals surface area contributed by atoms with Crippen LogP contribution in [-0.4, -0.2) is 26.1 Å². The summed E-state index contributed by atoms with van der Waals surface area (Å²) < 4.78 is 2.81. The zero-order valence-corrected chi connectivity index (χ0v) is 13.7. The van der Waals surface area contributed by atoms with E-state index in [0.717, 1.165) is 21.3 Å². The summed E-state index contributed by atoms with van der Waals surface area (Å²) in [5.41, 5.74) is 2.66. The number of fused-ring (bicyclic) bond motifs is 3. The Balaban J connectivity index is 1.96.